The van der Waals surface area contributed by atoms with Gasteiger partial charge in [0.05, 0.1) is 16.4 Å². The van der Waals surface area contributed by atoms with Gasteiger partial charge in [-0.1, -0.05) is 0 Å². The van der Waals surface area contributed by atoms with Crippen molar-refractivity contribution in [1.82, 2.24) is 14.5 Å². The first-order valence-electron chi connectivity index (χ1n) is 4.88. The molecule has 0 amide bonds. The minimum absolute atomic E-state index is 0.0323. The molecule has 0 spiro atoms. The Morgan fingerprint density at radius 2 is 2.25 bits per heavy atom. The van der Waals surface area contributed by atoms with Gasteiger partial charge in [-0.2, -0.15) is 0 Å². The second kappa shape index (κ2) is 4.57. The highest BCUT2D eigenvalue weighted by atomic mass is 79.9. The lowest BCUT2D eigenvalue weighted by molar-refractivity contribution is 0.724. The average Bonchev–Trinajstić information content (AvgIpc) is 2.33. The Morgan fingerprint density at radius 3 is 2.88 bits per heavy atom. The van der Waals surface area contributed by atoms with Gasteiger partial charge < -0.3 is 4.57 Å². The molecule has 0 atom stereocenters. The van der Waals surface area contributed by atoms with Crippen molar-refractivity contribution in [2.75, 3.05) is 0 Å². The summed E-state index contributed by atoms with van der Waals surface area (Å²) in [6, 6.07) is 1.76. The van der Waals surface area contributed by atoms with Crippen molar-refractivity contribution in [3.63, 3.8) is 0 Å². The molecule has 0 unspecified atom stereocenters. The van der Waals surface area contributed by atoms with E-state index in [0.717, 1.165) is 11.3 Å². The normalized spacial score (nSPS) is 10.4. The molecule has 16 heavy (non-hydrogen) atoms. The Labute approximate surface area is 101 Å². The van der Waals surface area contributed by atoms with Gasteiger partial charge in [0.1, 0.15) is 0 Å². The molecule has 82 valence electrons. The molecule has 0 saturated carbocycles. The summed E-state index contributed by atoms with van der Waals surface area (Å²) >= 11 is 3.25. The summed E-state index contributed by atoms with van der Waals surface area (Å²) in [7, 11) is 0. The number of halogens is 1. The van der Waals surface area contributed by atoms with Crippen LogP contribution in [0.15, 0.2) is 40.1 Å². The summed E-state index contributed by atoms with van der Waals surface area (Å²) in [6.07, 6.45) is 6.71. The van der Waals surface area contributed by atoms with Crippen LogP contribution < -0.4 is 5.56 Å². The van der Waals surface area contributed by atoms with Crippen molar-refractivity contribution < 1.29 is 0 Å². The molecule has 2 aromatic rings. The van der Waals surface area contributed by atoms with Crippen molar-refractivity contribution in [2.45, 2.75) is 13.5 Å². The number of aryl methyl sites for hydroxylation is 1. The van der Waals surface area contributed by atoms with Crippen LogP contribution in [0.2, 0.25) is 0 Å². The van der Waals surface area contributed by atoms with Gasteiger partial charge in [-0.3, -0.25) is 14.8 Å². The van der Waals surface area contributed by atoms with E-state index < -0.39 is 0 Å². The van der Waals surface area contributed by atoms with Crippen LogP contribution in [-0.2, 0) is 6.54 Å². The maximum atomic E-state index is 11.7. The molecule has 2 rings (SSSR count). The first-order chi connectivity index (χ1) is 7.72. The van der Waals surface area contributed by atoms with Crippen molar-refractivity contribution in [1.29, 1.82) is 0 Å². The van der Waals surface area contributed by atoms with Gasteiger partial charge in [-0.15, -0.1) is 0 Å². The number of rotatable bonds is 2. The third-order valence-corrected chi connectivity index (χ3v) is 2.81. The third kappa shape index (κ3) is 2.04. The molecule has 2 heterocycles. The molecule has 0 radical (unpaired) electrons. The summed E-state index contributed by atoms with van der Waals surface area (Å²) in [5.74, 6) is 0. The van der Waals surface area contributed by atoms with E-state index in [2.05, 4.69) is 25.9 Å². The highest BCUT2D eigenvalue weighted by Crippen LogP contribution is 2.17. The van der Waals surface area contributed by atoms with Gasteiger partial charge in [0.2, 0.25) is 0 Å². The minimum atomic E-state index is -0.0323. The van der Waals surface area contributed by atoms with Crippen molar-refractivity contribution in [2.24, 2.45) is 0 Å². The number of hydrogen-bond donors (Lipinski definition) is 0. The molecule has 0 saturated heterocycles. The number of pyridine rings is 1. The molecule has 5 heteroatoms. The molecule has 0 aliphatic rings. The summed E-state index contributed by atoms with van der Waals surface area (Å²) in [6.45, 7) is 2.56. The lowest BCUT2D eigenvalue weighted by Crippen LogP contribution is -2.19. The Morgan fingerprint density at radius 1 is 1.44 bits per heavy atom. The van der Waals surface area contributed by atoms with Crippen LogP contribution in [0.3, 0.4) is 0 Å². The monoisotopic (exact) mass is 279 g/mol. The maximum absolute atomic E-state index is 11.7. The van der Waals surface area contributed by atoms with Gasteiger partial charge in [0.15, 0.2) is 0 Å². The van der Waals surface area contributed by atoms with E-state index in [-0.39, 0.29) is 5.56 Å². The quantitative estimate of drug-likeness (QED) is 0.846. The Bertz CT molecular complexity index is 551. The van der Waals surface area contributed by atoms with E-state index in [9.17, 15) is 4.79 Å². The van der Waals surface area contributed by atoms with Gasteiger partial charge in [-0.05, 0) is 28.9 Å². The summed E-state index contributed by atoms with van der Waals surface area (Å²) in [5.41, 5.74) is 1.60. The fourth-order valence-corrected chi connectivity index (χ4v) is 1.90. The average molecular weight is 280 g/mol. The first kappa shape index (κ1) is 11.0. The van der Waals surface area contributed by atoms with E-state index in [1.54, 1.807) is 35.4 Å². The Balaban J connectivity index is 2.60. The predicted octanol–water partition coefficient (Wildman–Crippen LogP) is 2.09. The number of nitrogens with zero attached hydrogens (tertiary/aromatic N) is 3. The second-order valence-corrected chi connectivity index (χ2v) is 4.11. The predicted molar refractivity (Wildman–Crippen MR) is 65.1 cm³/mol. The Kier molecular flexibility index (Phi) is 3.14. The van der Waals surface area contributed by atoms with Gasteiger partial charge >= 0.3 is 0 Å². The van der Waals surface area contributed by atoms with Crippen LogP contribution in [0.5, 0.6) is 0 Å². The zero-order valence-corrected chi connectivity index (χ0v) is 10.3. The van der Waals surface area contributed by atoms with Crippen molar-refractivity contribution in [3.05, 3.63) is 45.7 Å². The van der Waals surface area contributed by atoms with E-state index in [0.29, 0.717) is 11.0 Å². The van der Waals surface area contributed by atoms with Gasteiger partial charge in [0.25, 0.3) is 5.56 Å². The second-order valence-electron chi connectivity index (χ2n) is 3.26. The smallest absolute Gasteiger partial charge is 0.264 e. The molecule has 4 nitrogen and oxygen atoms in total. The summed E-state index contributed by atoms with van der Waals surface area (Å²) in [5, 5.41) is 0. The number of hydrogen-bond acceptors (Lipinski definition) is 3. The van der Waals surface area contributed by atoms with Gasteiger partial charge in [-0.25, -0.2) is 0 Å². The molecule has 0 N–H and O–H groups in total. The third-order valence-electron chi connectivity index (χ3n) is 2.24. The van der Waals surface area contributed by atoms with Crippen LogP contribution in [0, 0.1) is 0 Å². The van der Waals surface area contributed by atoms with E-state index in [1.807, 2.05) is 6.92 Å². The zero-order chi connectivity index (χ0) is 11.5. The maximum Gasteiger partial charge on any atom is 0.264 e. The van der Waals surface area contributed by atoms with Crippen LogP contribution in [0.25, 0.3) is 11.3 Å². The molecule has 0 aliphatic heterocycles. The largest absolute Gasteiger partial charge is 0.314 e. The van der Waals surface area contributed by atoms with Gasteiger partial charge in [0, 0.05) is 30.7 Å². The highest BCUT2D eigenvalue weighted by Gasteiger charge is 2.05. The van der Waals surface area contributed by atoms with Crippen molar-refractivity contribution >= 4 is 15.9 Å². The van der Waals surface area contributed by atoms with E-state index in [1.165, 1.54) is 0 Å². The molecule has 2 aromatic heterocycles. The van der Waals surface area contributed by atoms with Crippen LogP contribution in [0.4, 0.5) is 0 Å². The lowest BCUT2D eigenvalue weighted by atomic mass is 10.2. The number of aromatic nitrogens is 3. The highest BCUT2D eigenvalue weighted by molar-refractivity contribution is 9.10. The molecular weight excluding hydrogens is 270 g/mol. The SMILES string of the molecule is CCn1cc(-c2cnccn2)cc(Br)c1=O. The van der Waals surface area contributed by atoms with Crippen LogP contribution in [0.1, 0.15) is 6.92 Å². The van der Waals surface area contributed by atoms with Crippen molar-refractivity contribution in [3.8, 4) is 11.3 Å². The standard InChI is InChI=1S/C11H10BrN3O/c1-2-15-7-8(5-9(12)11(15)16)10-6-13-3-4-14-10/h3-7H,2H2,1H3. The first-order valence-corrected chi connectivity index (χ1v) is 5.68. The summed E-state index contributed by atoms with van der Waals surface area (Å²) < 4.78 is 2.17. The minimum Gasteiger partial charge on any atom is -0.314 e. The fraction of sp³-hybridized carbons (Fsp3) is 0.182. The van der Waals surface area contributed by atoms with E-state index >= 15 is 0 Å². The molecule has 0 aliphatic carbocycles. The van der Waals surface area contributed by atoms with Crippen LogP contribution >= 0.6 is 15.9 Å². The van der Waals surface area contributed by atoms with E-state index in [4.69, 9.17) is 0 Å². The van der Waals surface area contributed by atoms with Crippen LogP contribution in [-0.4, -0.2) is 14.5 Å². The topological polar surface area (TPSA) is 47.8 Å². The fourth-order valence-electron chi connectivity index (χ4n) is 1.42. The lowest BCUT2D eigenvalue weighted by Gasteiger charge is -2.06. The molecule has 0 fully saturated rings. The molecule has 0 bridgehead atoms. The summed E-state index contributed by atoms with van der Waals surface area (Å²) in [4.78, 5) is 19.9. The Hall–Kier alpha value is -1.49. The zero-order valence-electron chi connectivity index (χ0n) is 8.72. The molecule has 0 aromatic carbocycles. The molecular formula is C11H10BrN3O.